The van der Waals surface area contributed by atoms with E-state index in [1.54, 1.807) is 24.3 Å². The summed E-state index contributed by atoms with van der Waals surface area (Å²) in [7, 11) is -3.64. The summed E-state index contributed by atoms with van der Waals surface area (Å²) in [5.41, 5.74) is 0.609. The van der Waals surface area contributed by atoms with Crippen LogP contribution in [0.3, 0.4) is 0 Å². The van der Waals surface area contributed by atoms with Gasteiger partial charge in [0.05, 0.1) is 17.1 Å². The van der Waals surface area contributed by atoms with Gasteiger partial charge in [-0.1, -0.05) is 24.3 Å². The van der Waals surface area contributed by atoms with Gasteiger partial charge in [0.15, 0.2) is 0 Å². The summed E-state index contributed by atoms with van der Waals surface area (Å²) in [4.78, 5) is 24.8. The van der Waals surface area contributed by atoms with Crippen molar-refractivity contribution in [2.75, 3.05) is 17.4 Å². The SMILES string of the molecule is O=C1CCC(=O)N1CCN1c2cccc3cccc(c23)S1(=O)=O. The summed E-state index contributed by atoms with van der Waals surface area (Å²) in [6.45, 7) is 0.162. The summed E-state index contributed by atoms with van der Waals surface area (Å²) < 4.78 is 26.8. The van der Waals surface area contributed by atoms with Crippen molar-refractivity contribution in [2.45, 2.75) is 17.7 Å². The van der Waals surface area contributed by atoms with E-state index >= 15 is 0 Å². The van der Waals surface area contributed by atoms with Gasteiger partial charge in [-0.25, -0.2) is 8.42 Å². The summed E-state index contributed by atoms with van der Waals surface area (Å²) in [5.74, 6) is -0.468. The van der Waals surface area contributed by atoms with Gasteiger partial charge in [-0.15, -0.1) is 0 Å². The number of imide groups is 1. The fourth-order valence-corrected chi connectivity index (χ4v) is 4.96. The second-order valence-corrected chi connectivity index (χ2v) is 7.48. The lowest BCUT2D eigenvalue weighted by molar-refractivity contribution is -0.138. The minimum atomic E-state index is -3.64. The Kier molecular flexibility index (Phi) is 2.96. The van der Waals surface area contributed by atoms with Crippen molar-refractivity contribution < 1.29 is 18.0 Å². The molecule has 2 amide bonds. The Labute approximate surface area is 133 Å². The zero-order chi connectivity index (χ0) is 16.2. The molecule has 0 unspecified atom stereocenters. The molecule has 2 aromatic rings. The van der Waals surface area contributed by atoms with Crippen LogP contribution >= 0.6 is 0 Å². The minimum Gasteiger partial charge on any atom is -0.281 e. The quantitative estimate of drug-likeness (QED) is 0.799. The highest BCUT2D eigenvalue weighted by Crippen LogP contribution is 2.41. The van der Waals surface area contributed by atoms with Gasteiger partial charge in [-0.3, -0.25) is 18.8 Å². The van der Waals surface area contributed by atoms with Crippen LogP contribution in [0.25, 0.3) is 10.8 Å². The fraction of sp³-hybridized carbons (Fsp3) is 0.250. The van der Waals surface area contributed by atoms with Crippen molar-refractivity contribution in [2.24, 2.45) is 0 Å². The third kappa shape index (κ3) is 1.96. The van der Waals surface area contributed by atoms with Crippen LogP contribution in [0.15, 0.2) is 41.3 Å². The Morgan fingerprint density at radius 2 is 1.57 bits per heavy atom. The van der Waals surface area contributed by atoms with Gasteiger partial charge in [0.2, 0.25) is 11.8 Å². The standard InChI is InChI=1S/C16H14N2O4S/c19-14-7-8-15(20)17(14)9-10-18-12-5-1-3-11-4-2-6-13(16(11)12)23(18,21)22/h1-6H,7-10H2. The maximum atomic E-state index is 12.8. The lowest BCUT2D eigenvalue weighted by atomic mass is 10.1. The van der Waals surface area contributed by atoms with Gasteiger partial charge in [0.25, 0.3) is 10.0 Å². The average molecular weight is 330 g/mol. The van der Waals surface area contributed by atoms with E-state index in [4.69, 9.17) is 0 Å². The molecule has 7 heteroatoms. The number of amides is 2. The minimum absolute atomic E-state index is 0.0770. The molecule has 0 radical (unpaired) electrons. The molecule has 0 aliphatic carbocycles. The second kappa shape index (κ2) is 4.79. The van der Waals surface area contributed by atoms with E-state index in [1.165, 1.54) is 4.31 Å². The van der Waals surface area contributed by atoms with E-state index in [9.17, 15) is 18.0 Å². The van der Waals surface area contributed by atoms with Crippen LogP contribution in [0.2, 0.25) is 0 Å². The predicted molar refractivity (Wildman–Crippen MR) is 84.4 cm³/mol. The van der Waals surface area contributed by atoms with Crippen LogP contribution < -0.4 is 4.31 Å². The summed E-state index contributed by atoms with van der Waals surface area (Å²) >= 11 is 0. The smallest absolute Gasteiger partial charge is 0.265 e. The van der Waals surface area contributed by atoms with Crippen molar-refractivity contribution in [1.82, 2.24) is 4.90 Å². The summed E-state index contributed by atoms with van der Waals surface area (Å²) in [6.07, 6.45) is 0.419. The molecule has 0 atom stereocenters. The number of likely N-dealkylation sites (tertiary alicyclic amines) is 1. The first-order valence-electron chi connectivity index (χ1n) is 7.38. The van der Waals surface area contributed by atoms with Crippen molar-refractivity contribution >= 4 is 38.3 Å². The lowest BCUT2D eigenvalue weighted by Gasteiger charge is -2.22. The largest absolute Gasteiger partial charge is 0.281 e. The van der Waals surface area contributed by atoms with Crippen LogP contribution in [0.1, 0.15) is 12.8 Å². The number of carbonyl (C=O) groups excluding carboxylic acids is 2. The Bertz CT molecular complexity index is 930. The molecule has 0 N–H and O–H groups in total. The normalized spacial score (nSPS) is 19.1. The van der Waals surface area contributed by atoms with Crippen LogP contribution in [-0.4, -0.2) is 38.2 Å². The van der Waals surface area contributed by atoms with Crippen LogP contribution in [0.4, 0.5) is 5.69 Å². The fourth-order valence-electron chi connectivity index (χ4n) is 3.26. The van der Waals surface area contributed by atoms with Gasteiger partial charge >= 0.3 is 0 Å². The second-order valence-electron chi connectivity index (χ2n) is 5.65. The highest BCUT2D eigenvalue weighted by atomic mass is 32.2. The zero-order valence-electron chi connectivity index (χ0n) is 12.2. The van der Waals surface area contributed by atoms with E-state index in [1.807, 2.05) is 12.1 Å². The monoisotopic (exact) mass is 330 g/mol. The predicted octanol–water partition coefficient (Wildman–Crippen LogP) is 1.50. The summed E-state index contributed by atoms with van der Waals surface area (Å²) in [6, 6.07) is 10.6. The Morgan fingerprint density at radius 3 is 2.26 bits per heavy atom. The topological polar surface area (TPSA) is 74.8 Å². The zero-order valence-corrected chi connectivity index (χ0v) is 13.0. The number of hydrogen-bond acceptors (Lipinski definition) is 4. The molecule has 0 saturated carbocycles. The molecule has 1 saturated heterocycles. The molecule has 2 aliphatic rings. The number of anilines is 1. The molecule has 0 bridgehead atoms. The maximum Gasteiger partial charge on any atom is 0.265 e. The Balaban J connectivity index is 1.72. The van der Waals surface area contributed by atoms with Crippen molar-refractivity contribution in [3.63, 3.8) is 0 Å². The molecule has 0 spiro atoms. The molecular weight excluding hydrogens is 316 g/mol. The highest BCUT2D eigenvalue weighted by Gasteiger charge is 2.37. The van der Waals surface area contributed by atoms with Crippen LogP contribution in [-0.2, 0) is 19.6 Å². The van der Waals surface area contributed by atoms with E-state index in [0.717, 1.165) is 10.3 Å². The molecule has 2 heterocycles. The maximum absolute atomic E-state index is 12.8. The Hall–Kier alpha value is -2.41. The van der Waals surface area contributed by atoms with E-state index < -0.39 is 10.0 Å². The van der Waals surface area contributed by atoms with Crippen LogP contribution in [0.5, 0.6) is 0 Å². The molecule has 2 aromatic carbocycles. The molecule has 0 aromatic heterocycles. The third-order valence-electron chi connectivity index (χ3n) is 4.36. The highest BCUT2D eigenvalue weighted by molar-refractivity contribution is 7.93. The molecular formula is C16H14N2O4S. The first kappa shape index (κ1) is 14.2. The number of nitrogens with zero attached hydrogens (tertiary/aromatic N) is 2. The molecule has 118 valence electrons. The number of rotatable bonds is 3. The van der Waals surface area contributed by atoms with E-state index in [-0.39, 0.29) is 42.6 Å². The summed E-state index contributed by atoms with van der Waals surface area (Å²) in [5, 5.41) is 1.56. The molecule has 6 nitrogen and oxygen atoms in total. The van der Waals surface area contributed by atoms with Gasteiger partial charge in [-0.05, 0) is 17.5 Å². The molecule has 4 rings (SSSR count). The first-order chi connectivity index (χ1) is 11.0. The average Bonchev–Trinajstić information content (AvgIpc) is 2.96. The van der Waals surface area contributed by atoms with Crippen molar-refractivity contribution in [3.8, 4) is 0 Å². The molecule has 1 fully saturated rings. The third-order valence-corrected chi connectivity index (χ3v) is 6.22. The van der Waals surface area contributed by atoms with E-state index in [0.29, 0.717) is 11.1 Å². The van der Waals surface area contributed by atoms with Gasteiger partial charge in [-0.2, -0.15) is 0 Å². The Morgan fingerprint density at radius 1 is 0.913 bits per heavy atom. The van der Waals surface area contributed by atoms with Crippen LogP contribution in [0, 0.1) is 0 Å². The molecule has 2 aliphatic heterocycles. The van der Waals surface area contributed by atoms with Gasteiger partial charge in [0, 0.05) is 24.8 Å². The van der Waals surface area contributed by atoms with E-state index in [2.05, 4.69) is 0 Å². The van der Waals surface area contributed by atoms with Gasteiger partial charge in [0.1, 0.15) is 0 Å². The first-order valence-corrected chi connectivity index (χ1v) is 8.82. The van der Waals surface area contributed by atoms with Gasteiger partial charge < -0.3 is 0 Å². The van der Waals surface area contributed by atoms with Crippen molar-refractivity contribution in [3.05, 3.63) is 36.4 Å². The number of benzene rings is 2. The lowest BCUT2D eigenvalue weighted by Crippen LogP contribution is -2.39. The molecule has 23 heavy (non-hydrogen) atoms. The number of sulfonamides is 1. The number of carbonyl (C=O) groups is 2. The van der Waals surface area contributed by atoms with Crippen molar-refractivity contribution in [1.29, 1.82) is 0 Å². The number of hydrogen-bond donors (Lipinski definition) is 0.